The van der Waals surface area contributed by atoms with Crippen molar-refractivity contribution >= 4 is 5.57 Å². The van der Waals surface area contributed by atoms with E-state index in [1.54, 1.807) is 0 Å². The molecule has 1 aromatic carbocycles. The van der Waals surface area contributed by atoms with Crippen LogP contribution in [0.4, 0.5) is 0 Å². The summed E-state index contributed by atoms with van der Waals surface area (Å²) < 4.78 is 0. The molecule has 0 N–H and O–H groups in total. The van der Waals surface area contributed by atoms with Crippen molar-refractivity contribution in [3.8, 4) is 0 Å². The molecule has 1 aromatic rings. The van der Waals surface area contributed by atoms with E-state index in [1.165, 1.54) is 53.5 Å². The summed E-state index contributed by atoms with van der Waals surface area (Å²) in [6.45, 7) is 21.7. The van der Waals surface area contributed by atoms with E-state index in [1.807, 2.05) is 6.08 Å². The topological polar surface area (TPSA) is 0 Å². The molecule has 0 nitrogen and oxygen atoms in total. The summed E-state index contributed by atoms with van der Waals surface area (Å²) in [5, 5.41) is 0. The molecule has 0 fully saturated rings. The largest absolute Gasteiger partial charge is 0.0984 e. The van der Waals surface area contributed by atoms with Gasteiger partial charge in [-0.2, -0.15) is 0 Å². The number of rotatable bonds is 10. The maximum Gasteiger partial charge on any atom is -0.0132 e. The van der Waals surface area contributed by atoms with Gasteiger partial charge in [-0.1, -0.05) is 108 Å². The van der Waals surface area contributed by atoms with Gasteiger partial charge in [-0.15, -0.1) is 0 Å². The number of hydrogen-bond donors (Lipinski definition) is 0. The Bertz CT molecular complexity index is 744. The minimum absolute atomic E-state index is 0.0364. The SMILES string of the molecule is C=C\C(=C/C(=C/CCCCCC)C(=C\C)/C(=C)C(C)(C)C)c1cccc(C)c1. The average molecular weight is 377 g/mol. The molecule has 28 heavy (non-hydrogen) atoms. The molecular weight excluding hydrogens is 336 g/mol. The van der Waals surface area contributed by atoms with Crippen molar-refractivity contribution in [3.05, 3.63) is 89.6 Å². The highest BCUT2D eigenvalue weighted by atomic mass is 14.2. The second-order valence-electron chi connectivity index (χ2n) is 8.61. The second-order valence-corrected chi connectivity index (χ2v) is 8.61. The zero-order valence-corrected chi connectivity index (χ0v) is 19.1. The van der Waals surface area contributed by atoms with Crippen molar-refractivity contribution in [2.24, 2.45) is 5.41 Å². The molecule has 152 valence electrons. The van der Waals surface area contributed by atoms with Crippen molar-refractivity contribution in [3.63, 3.8) is 0 Å². The maximum absolute atomic E-state index is 4.43. The van der Waals surface area contributed by atoms with Crippen molar-refractivity contribution < 1.29 is 0 Å². The van der Waals surface area contributed by atoms with Gasteiger partial charge < -0.3 is 0 Å². The Morgan fingerprint density at radius 2 is 1.82 bits per heavy atom. The van der Waals surface area contributed by atoms with Crippen LogP contribution in [0.15, 0.2) is 78.4 Å². The molecule has 0 radical (unpaired) electrons. The van der Waals surface area contributed by atoms with E-state index in [9.17, 15) is 0 Å². The Labute approximate surface area is 174 Å². The van der Waals surface area contributed by atoms with Gasteiger partial charge in [0.2, 0.25) is 0 Å². The Balaban J connectivity index is 3.34. The fourth-order valence-electron chi connectivity index (χ4n) is 3.25. The van der Waals surface area contributed by atoms with Crippen LogP contribution >= 0.6 is 0 Å². The van der Waals surface area contributed by atoms with E-state index >= 15 is 0 Å². The lowest BCUT2D eigenvalue weighted by Gasteiger charge is -2.25. The smallest absolute Gasteiger partial charge is 0.0132 e. The first-order chi connectivity index (χ1) is 13.2. The van der Waals surface area contributed by atoms with Gasteiger partial charge in [0.25, 0.3) is 0 Å². The fourth-order valence-corrected chi connectivity index (χ4v) is 3.25. The standard InChI is InChI=1S/C28H40/c1-9-12-13-14-15-18-26(27(11-3)23(5)28(6,7)8)21-24(10-2)25-19-16-17-22(4)20-25/h10-11,16-21H,2,5,9,12-15H2,1,3-4,6-8H3/b24-21+,26-18-,27-11-. The fraction of sp³-hybridized carbons (Fsp3) is 0.429. The third-order valence-electron chi connectivity index (χ3n) is 5.13. The van der Waals surface area contributed by atoms with Crippen LogP contribution < -0.4 is 0 Å². The Kier molecular flexibility index (Phi) is 10.0. The average Bonchev–Trinajstić information content (AvgIpc) is 2.64. The highest BCUT2D eigenvalue weighted by molar-refractivity contribution is 5.77. The molecule has 0 amide bonds. The summed E-state index contributed by atoms with van der Waals surface area (Å²) in [7, 11) is 0. The molecule has 1 rings (SSSR count). The molecule has 0 saturated heterocycles. The van der Waals surface area contributed by atoms with Crippen LogP contribution in [0.2, 0.25) is 0 Å². The van der Waals surface area contributed by atoms with Gasteiger partial charge in [0.1, 0.15) is 0 Å². The zero-order valence-electron chi connectivity index (χ0n) is 19.1. The molecule has 0 saturated carbocycles. The lowest BCUT2D eigenvalue weighted by Crippen LogP contribution is -2.11. The monoisotopic (exact) mass is 376 g/mol. The molecule has 0 aliphatic rings. The van der Waals surface area contributed by atoms with Crippen molar-refractivity contribution in [2.75, 3.05) is 0 Å². The summed E-state index contributed by atoms with van der Waals surface area (Å²) in [4.78, 5) is 0. The molecule has 0 atom stereocenters. The first-order valence-corrected chi connectivity index (χ1v) is 10.7. The van der Waals surface area contributed by atoms with E-state index in [0.29, 0.717) is 0 Å². The van der Waals surface area contributed by atoms with Gasteiger partial charge >= 0.3 is 0 Å². The minimum Gasteiger partial charge on any atom is -0.0984 e. The normalized spacial score (nSPS) is 13.6. The lowest BCUT2D eigenvalue weighted by atomic mass is 9.79. The number of hydrogen-bond acceptors (Lipinski definition) is 0. The molecule has 0 heteroatoms. The van der Waals surface area contributed by atoms with E-state index in [0.717, 1.165) is 12.0 Å². The zero-order chi connectivity index (χ0) is 21.2. The van der Waals surface area contributed by atoms with Crippen LogP contribution in [-0.2, 0) is 0 Å². The van der Waals surface area contributed by atoms with Crippen LogP contribution in [0.3, 0.4) is 0 Å². The molecule has 0 aliphatic heterocycles. The molecule has 0 aromatic heterocycles. The predicted molar refractivity (Wildman–Crippen MR) is 129 cm³/mol. The van der Waals surface area contributed by atoms with E-state index in [4.69, 9.17) is 0 Å². The number of benzene rings is 1. The molecule has 0 spiro atoms. The van der Waals surface area contributed by atoms with Crippen LogP contribution in [0.1, 0.15) is 77.8 Å². The highest BCUT2D eigenvalue weighted by Gasteiger charge is 2.20. The van der Waals surface area contributed by atoms with Gasteiger partial charge in [0.15, 0.2) is 0 Å². The summed E-state index contributed by atoms with van der Waals surface area (Å²) >= 11 is 0. The van der Waals surface area contributed by atoms with E-state index in [2.05, 4.69) is 97.2 Å². The summed E-state index contributed by atoms with van der Waals surface area (Å²) in [5.74, 6) is 0. The van der Waals surface area contributed by atoms with Gasteiger partial charge in [0, 0.05) is 0 Å². The van der Waals surface area contributed by atoms with Crippen LogP contribution in [-0.4, -0.2) is 0 Å². The number of aryl methyl sites for hydroxylation is 1. The van der Waals surface area contributed by atoms with Crippen LogP contribution in [0.25, 0.3) is 5.57 Å². The van der Waals surface area contributed by atoms with Crippen molar-refractivity contribution in [1.29, 1.82) is 0 Å². The summed E-state index contributed by atoms with van der Waals surface area (Å²) in [6, 6.07) is 8.63. The van der Waals surface area contributed by atoms with Gasteiger partial charge in [-0.25, -0.2) is 0 Å². The van der Waals surface area contributed by atoms with Crippen LogP contribution in [0.5, 0.6) is 0 Å². The Morgan fingerprint density at radius 3 is 2.36 bits per heavy atom. The summed E-state index contributed by atoms with van der Waals surface area (Å²) in [5.41, 5.74) is 7.35. The van der Waals surface area contributed by atoms with Gasteiger partial charge in [-0.3, -0.25) is 0 Å². The minimum atomic E-state index is 0.0364. The number of unbranched alkanes of at least 4 members (excludes halogenated alkanes) is 4. The summed E-state index contributed by atoms with van der Waals surface area (Å²) in [6.07, 6.45) is 15.1. The molecular formula is C28H40. The third kappa shape index (κ3) is 7.50. The maximum atomic E-state index is 4.43. The Hall–Kier alpha value is -2.08. The van der Waals surface area contributed by atoms with Crippen molar-refractivity contribution in [2.45, 2.75) is 73.6 Å². The molecule has 0 bridgehead atoms. The quantitative estimate of drug-likeness (QED) is 0.282. The van der Waals surface area contributed by atoms with Gasteiger partial charge in [0.05, 0.1) is 0 Å². The number of allylic oxidation sites excluding steroid dienone is 8. The lowest BCUT2D eigenvalue weighted by molar-refractivity contribution is 0.513. The predicted octanol–water partition coefficient (Wildman–Crippen LogP) is 9.01. The molecule has 0 heterocycles. The molecule has 0 aliphatic carbocycles. The first kappa shape index (κ1) is 24.0. The second kappa shape index (κ2) is 11.7. The Morgan fingerprint density at radius 1 is 1.11 bits per heavy atom. The first-order valence-electron chi connectivity index (χ1n) is 10.7. The van der Waals surface area contributed by atoms with E-state index in [-0.39, 0.29) is 5.41 Å². The van der Waals surface area contributed by atoms with Gasteiger partial charge in [-0.05, 0) is 66.0 Å². The van der Waals surface area contributed by atoms with Crippen LogP contribution in [0, 0.1) is 12.3 Å². The highest BCUT2D eigenvalue weighted by Crippen LogP contribution is 2.35. The molecule has 0 unspecified atom stereocenters. The van der Waals surface area contributed by atoms with Crippen molar-refractivity contribution in [1.82, 2.24) is 0 Å². The van der Waals surface area contributed by atoms with E-state index < -0.39 is 0 Å². The third-order valence-corrected chi connectivity index (χ3v) is 5.13.